The zero-order chi connectivity index (χ0) is 25.0. The molecule has 1 aliphatic heterocycles. The lowest BCUT2D eigenvalue weighted by Crippen LogP contribution is -2.36. The van der Waals surface area contributed by atoms with E-state index in [0.29, 0.717) is 19.5 Å². The van der Waals surface area contributed by atoms with Gasteiger partial charge in [0, 0.05) is 37.7 Å². The third-order valence-corrected chi connectivity index (χ3v) is 8.67. The summed E-state index contributed by atoms with van der Waals surface area (Å²) >= 11 is 0. The molecule has 1 atom stereocenters. The highest BCUT2D eigenvalue weighted by Gasteiger charge is 2.31. The number of carbonyl (C=O) groups excluding carboxylic acids is 2. The molecule has 0 unspecified atom stereocenters. The van der Waals surface area contributed by atoms with Gasteiger partial charge in [-0.1, -0.05) is 30.3 Å². The highest BCUT2D eigenvalue weighted by atomic mass is 32.2. The number of sulfonamides is 1. The van der Waals surface area contributed by atoms with E-state index in [4.69, 9.17) is 0 Å². The first-order valence-electron chi connectivity index (χ1n) is 12.5. The molecule has 7 nitrogen and oxygen atoms in total. The van der Waals surface area contributed by atoms with Crippen LogP contribution in [0.3, 0.4) is 0 Å². The maximum absolute atomic E-state index is 12.9. The first kappa shape index (κ1) is 25.4. The van der Waals surface area contributed by atoms with Crippen LogP contribution in [-0.2, 0) is 32.5 Å². The normalized spacial score (nSPS) is 22.0. The molecule has 0 radical (unpaired) electrons. The third kappa shape index (κ3) is 6.11. The predicted octanol–water partition coefficient (Wildman–Crippen LogP) is 3.43. The molecule has 0 aromatic heterocycles. The van der Waals surface area contributed by atoms with Crippen LogP contribution in [0.2, 0.25) is 0 Å². The lowest BCUT2D eigenvalue weighted by atomic mass is 9.81. The van der Waals surface area contributed by atoms with Crippen molar-refractivity contribution in [1.82, 2.24) is 10.0 Å². The lowest BCUT2D eigenvalue weighted by Gasteiger charge is -2.28. The minimum Gasteiger partial charge on any atom is -0.356 e. The largest absolute Gasteiger partial charge is 0.356 e. The Morgan fingerprint density at radius 1 is 1.03 bits per heavy atom. The number of hydrogen-bond acceptors (Lipinski definition) is 4. The Hall–Kier alpha value is -2.71. The summed E-state index contributed by atoms with van der Waals surface area (Å²) in [6, 6.07) is 15.1. The van der Waals surface area contributed by atoms with Gasteiger partial charge in [0.1, 0.15) is 0 Å². The standard InChI is InChI=1S/C27H35N3O4S/c1-19-16-24-17-25(12-13-26(24)30(19)20(2)31)35(33,34)29-18-22-8-10-23(11-9-22)27(32)28-15-14-21-6-4-3-5-7-21/h3-7,12-13,17,19,22-23,29H,8-11,14-16,18H2,1-2H3,(H,28,32)/t19-,22?,23?/m1/s1. The Labute approximate surface area is 208 Å². The molecule has 1 heterocycles. The quantitative estimate of drug-likeness (QED) is 0.584. The molecule has 0 spiro atoms. The monoisotopic (exact) mass is 497 g/mol. The highest BCUT2D eigenvalue weighted by molar-refractivity contribution is 7.89. The van der Waals surface area contributed by atoms with Crippen LogP contribution in [0.25, 0.3) is 0 Å². The Morgan fingerprint density at radius 2 is 1.74 bits per heavy atom. The second-order valence-electron chi connectivity index (χ2n) is 9.83. The molecule has 2 aromatic carbocycles. The van der Waals surface area contributed by atoms with Gasteiger partial charge in [-0.3, -0.25) is 9.59 Å². The number of rotatable bonds is 8. The van der Waals surface area contributed by atoms with Crippen LogP contribution in [0.15, 0.2) is 53.4 Å². The van der Waals surface area contributed by atoms with Crippen molar-refractivity contribution in [2.45, 2.75) is 63.3 Å². The number of nitrogens with zero attached hydrogens (tertiary/aromatic N) is 1. The molecule has 2 N–H and O–H groups in total. The van der Waals surface area contributed by atoms with Crippen molar-refractivity contribution in [2.24, 2.45) is 11.8 Å². The molecule has 0 saturated heterocycles. The van der Waals surface area contributed by atoms with Crippen LogP contribution in [-0.4, -0.2) is 39.4 Å². The van der Waals surface area contributed by atoms with E-state index in [0.717, 1.165) is 43.4 Å². The van der Waals surface area contributed by atoms with Gasteiger partial charge < -0.3 is 10.2 Å². The molecule has 1 fully saturated rings. The highest BCUT2D eigenvalue weighted by Crippen LogP contribution is 2.34. The summed E-state index contributed by atoms with van der Waals surface area (Å²) in [5.74, 6) is 0.291. The van der Waals surface area contributed by atoms with Crippen LogP contribution < -0.4 is 14.9 Å². The second kappa shape index (κ2) is 10.9. The first-order valence-corrected chi connectivity index (χ1v) is 14.0. The van der Waals surface area contributed by atoms with Crippen molar-refractivity contribution < 1.29 is 18.0 Å². The van der Waals surface area contributed by atoms with E-state index in [1.807, 2.05) is 25.1 Å². The van der Waals surface area contributed by atoms with Gasteiger partial charge in [-0.15, -0.1) is 0 Å². The molecule has 2 amide bonds. The SMILES string of the molecule is CC(=O)N1c2ccc(S(=O)(=O)NCC3CCC(C(=O)NCCc4ccccc4)CC3)cc2C[C@H]1C. The Balaban J connectivity index is 1.24. The van der Waals surface area contributed by atoms with Crippen LogP contribution in [0.5, 0.6) is 0 Å². The molecular formula is C27H35N3O4S. The number of benzene rings is 2. The Morgan fingerprint density at radius 3 is 2.43 bits per heavy atom. The fraction of sp³-hybridized carbons (Fsp3) is 0.481. The number of anilines is 1. The van der Waals surface area contributed by atoms with Gasteiger partial charge >= 0.3 is 0 Å². The van der Waals surface area contributed by atoms with E-state index < -0.39 is 10.0 Å². The summed E-state index contributed by atoms with van der Waals surface area (Å²) in [6.07, 6.45) is 4.68. The van der Waals surface area contributed by atoms with Gasteiger partial charge in [-0.05, 0) is 80.7 Å². The van der Waals surface area contributed by atoms with Crippen LogP contribution in [0, 0.1) is 11.8 Å². The topological polar surface area (TPSA) is 95.6 Å². The van der Waals surface area contributed by atoms with Crippen molar-refractivity contribution in [1.29, 1.82) is 0 Å². The number of nitrogens with one attached hydrogen (secondary N) is 2. The fourth-order valence-electron chi connectivity index (χ4n) is 5.31. The molecule has 8 heteroatoms. The molecule has 0 bridgehead atoms. The first-order chi connectivity index (χ1) is 16.7. The van der Waals surface area contributed by atoms with E-state index >= 15 is 0 Å². The average Bonchev–Trinajstić information content (AvgIpc) is 3.19. The van der Waals surface area contributed by atoms with Crippen molar-refractivity contribution in [3.63, 3.8) is 0 Å². The van der Waals surface area contributed by atoms with Gasteiger partial charge in [0.25, 0.3) is 0 Å². The molecule has 188 valence electrons. The number of hydrogen-bond donors (Lipinski definition) is 2. The van der Waals surface area contributed by atoms with Crippen molar-refractivity contribution in [2.75, 3.05) is 18.0 Å². The second-order valence-corrected chi connectivity index (χ2v) is 11.6. The van der Waals surface area contributed by atoms with Gasteiger partial charge in [0.2, 0.25) is 21.8 Å². The predicted molar refractivity (Wildman–Crippen MR) is 137 cm³/mol. The molecule has 4 rings (SSSR count). The summed E-state index contributed by atoms with van der Waals surface area (Å²) in [5.41, 5.74) is 2.89. The summed E-state index contributed by atoms with van der Waals surface area (Å²) in [7, 11) is -3.64. The minimum atomic E-state index is -3.64. The smallest absolute Gasteiger partial charge is 0.240 e. The number of carbonyl (C=O) groups is 2. The molecular weight excluding hydrogens is 462 g/mol. The maximum atomic E-state index is 12.9. The summed E-state index contributed by atoms with van der Waals surface area (Å²) in [5, 5.41) is 3.05. The molecule has 2 aliphatic rings. The summed E-state index contributed by atoms with van der Waals surface area (Å²) in [6.45, 7) is 4.50. The number of fused-ring (bicyclic) bond motifs is 1. The fourth-order valence-corrected chi connectivity index (χ4v) is 6.48. The van der Waals surface area contributed by atoms with E-state index in [1.54, 1.807) is 23.1 Å². The Bertz CT molecular complexity index is 1160. The minimum absolute atomic E-state index is 0.00144. The van der Waals surface area contributed by atoms with Crippen LogP contribution >= 0.6 is 0 Å². The molecule has 1 saturated carbocycles. The van der Waals surface area contributed by atoms with E-state index in [2.05, 4.69) is 22.2 Å². The van der Waals surface area contributed by atoms with Gasteiger partial charge in [0.15, 0.2) is 0 Å². The van der Waals surface area contributed by atoms with Crippen LogP contribution in [0.4, 0.5) is 5.69 Å². The third-order valence-electron chi connectivity index (χ3n) is 7.25. The molecule has 35 heavy (non-hydrogen) atoms. The Kier molecular flexibility index (Phi) is 7.91. The van der Waals surface area contributed by atoms with E-state index in [1.165, 1.54) is 12.5 Å². The molecule has 2 aromatic rings. The molecule has 1 aliphatic carbocycles. The van der Waals surface area contributed by atoms with Crippen molar-refractivity contribution >= 4 is 27.5 Å². The number of amides is 2. The van der Waals surface area contributed by atoms with Crippen molar-refractivity contribution in [3.05, 3.63) is 59.7 Å². The average molecular weight is 498 g/mol. The van der Waals surface area contributed by atoms with Gasteiger partial charge in [-0.2, -0.15) is 0 Å². The van der Waals surface area contributed by atoms with Gasteiger partial charge in [-0.25, -0.2) is 13.1 Å². The zero-order valence-corrected chi connectivity index (χ0v) is 21.3. The van der Waals surface area contributed by atoms with Crippen molar-refractivity contribution in [3.8, 4) is 0 Å². The summed E-state index contributed by atoms with van der Waals surface area (Å²) in [4.78, 5) is 26.4. The van der Waals surface area contributed by atoms with E-state index in [-0.39, 0.29) is 34.6 Å². The zero-order valence-electron chi connectivity index (χ0n) is 20.5. The maximum Gasteiger partial charge on any atom is 0.240 e. The van der Waals surface area contributed by atoms with Crippen LogP contribution in [0.1, 0.15) is 50.7 Å². The lowest BCUT2D eigenvalue weighted by molar-refractivity contribution is -0.126. The van der Waals surface area contributed by atoms with E-state index in [9.17, 15) is 18.0 Å². The summed E-state index contributed by atoms with van der Waals surface area (Å²) < 4.78 is 28.6. The van der Waals surface area contributed by atoms with Gasteiger partial charge in [0.05, 0.1) is 4.90 Å².